The van der Waals surface area contributed by atoms with E-state index in [0.29, 0.717) is 32.0 Å². The molecule has 1 aliphatic rings. The Labute approximate surface area is 115 Å². The van der Waals surface area contributed by atoms with Gasteiger partial charge in [-0.05, 0) is 26.3 Å². The minimum absolute atomic E-state index is 0.0398. The lowest BCUT2D eigenvalue weighted by Crippen LogP contribution is -2.41. The average Bonchev–Trinajstić information content (AvgIpc) is 2.44. The molecule has 0 aromatic heterocycles. The highest BCUT2D eigenvalue weighted by Crippen LogP contribution is 2.21. The van der Waals surface area contributed by atoms with Gasteiger partial charge in [0.15, 0.2) is 0 Å². The highest BCUT2D eigenvalue weighted by Gasteiger charge is 2.19. The average molecular weight is 270 g/mol. The minimum Gasteiger partial charge on any atom is -0.469 e. The normalized spacial score (nSPS) is 16.4. The van der Waals surface area contributed by atoms with Crippen molar-refractivity contribution in [3.8, 4) is 0 Å². The summed E-state index contributed by atoms with van der Waals surface area (Å²) in [4.78, 5) is 24.8. The molecule has 1 amide bonds. The first-order chi connectivity index (χ1) is 9.13. The number of carbonyl (C=O) groups is 2. The van der Waals surface area contributed by atoms with Crippen molar-refractivity contribution in [3.63, 3.8) is 0 Å². The van der Waals surface area contributed by atoms with Crippen LogP contribution < -0.4 is 5.32 Å². The van der Waals surface area contributed by atoms with Crippen LogP contribution in [0.15, 0.2) is 0 Å². The highest BCUT2D eigenvalue weighted by atomic mass is 16.5. The van der Waals surface area contributed by atoms with E-state index in [9.17, 15) is 9.59 Å². The van der Waals surface area contributed by atoms with Gasteiger partial charge in [0, 0.05) is 19.0 Å². The largest absolute Gasteiger partial charge is 0.469 e. The Morgan fingerprint density at radius 2 is 1.95 bits per heavy atom. The predicted molar refractivity (Wildman–Crippen MR) is 73.8 cm³/mol. The van der Waals surface area contributed by atoms with E-state index in [4.69, 9.17) is 0 Å². The summed E-state index contributed by atoms with van der Waals surface area (Å²) in [5, 5.41) is 2.84. The molecule has 0 aromatic carbocycles. The third-order valence-corrected chi connectivity index (χ3v) is 3.70. The van der Waals surface area contributed by atoms with E-state index in [1.165, 1.54) is 39.2 Å². The van der Waals surface area contributed by atoms with Crippen LogP contribution in [0.3, 0.4) is 0 Å². The Balaban J connectivity index is 2.10. The summed E-state index contributed by atoms with van der Waals surface area (Å²) in [6.07, 6.45) is 7.26. The maximum Gasteiger partial charge on any atom is 0.305 e. The van der Waals surface area contributed by atoms with Crippen LogP contribution in [0.4, 0.5) is 0 Å². The fourth-order valence-electron chi connectivity index (χ4n) is 2.50. The smallest absolute Gasteiger partial charge is 0.305 e. The number of nitrogens with zero attached hydrogens (tertiary/aromatic N) is 1. The zero-order chi connectivity index (χ0) is 14.1. The third-order valence-electron chi connectivity index (χ3n) is 3.70. The zero-order valence-corrected chi connectivity index (χ0v) is 12.1. The number of amides is 1. The summed E-state index contributed by atoms with van der Waals surface area (Å²) >= 11 is 0. The van der Waals surface area contributed by atoms with E-state index in [1.54, 1.807) is 0 Å². The minimum atomic E-state index is -0.228. The fourth-order valence-corrected chi connectivity index (χ4v) is 2.50. The molecule has 5 heteroatoms. The van der Waals surface area contributed by atoms with Gasteiger partial charge in [-0.25, -0.2) is 0 Å². The molecule has 0 aliphatic heterocycles. The van der Waals surface area contributed by atoms with E-state index >= 15 is 0 Å². The molecular weight excluding hydrogens is 244 g/mol. The topological polar surface area (TPSA) is 58.6 Å². The fraction of sp³-hybridized carbons (Fsp3) is 0.857. The van der Waals surface area contributed by atoms with Gasteiger partial charge in [-0.15, -0.1) is 0 Å². The van der Waals surface area contributed by atoms with Crippen LogP contribution in [-0.4, -0.2) is 50.1 Å². The van der Waals surface area contributed by atoms with Crippen molar-refractivity contribution in [2.45, 2.75) is 51.0 Å². The van der Waals surface area contributed by atoms with Crippen LogP contribution in [0.5, 0.6) is 0 Å². The maximum atomic E-state index is 11.7. The first-order valence-electron chi connectivity index (χ1n) is 7.17. The summed E-state index contributed by atoms with van der Waals surface area (Å²) < 4.78 is 4.54. The second-order valence-electron chi connectivity index (χ2n) is 5.24. The van der Waals surface area contributed by atoms with E-state index in [2.05, 4.69) is 15.0 Å². The van der Waals surface area contributed by atoms with Gasteiger partial charge in [0.1, 0.15) is 0 Å². The Hall–Kier alpha value is -1.10. The van der Waals surface area contributed by atoms with Crippen molar-refractivity contribution in [2.75, 3.05) is 27.2 Å². The van der Waals surface area contributed by atoms with Crippen LogP contribution in [0.2, 0.25) is 0 Å². The lowest BCUT2D eigenvalue weighted by molar-refractivity contribution is -0.140. The number of esters is 1. The monoisotopic (exact) mass is 270 g/mol. The van der Waals surface area contributed by atoms with Gasteiger partial charge in [0.2, 0.25) is 5.91 Å². The van der Waals surface area contributed by atoms with Crippen molar-refractivity contribution in [1.29, 1.82) is 0 Å². The molecular formula is C14H26N2O3. The van der Waals surface area contributed by atoms with Crippen molar-refractivity contribution in [3.05, 3.63) is 0 Å². The lowest BCUT2D eigenvalue weighted by atomic mass is 9.94. The van der Waals surface area contributed by atoms with Crippen molar-refractivity contribution >= 4 is 11.9 Å². The van der Waals surface area contributed by atoms with Crippen LogP contribution >= 0.6 is 0 Å². The summed E-state index contributed by atoms with van der Waals surface area (Å²) in [6, 6.07) is 0.551. The zero-order valence-electron chi connectivity index (χ0n) is 12.1. The molecule has 0 aromatic rings. The van der Waals surface area contributed by atoms with Crippen molar-refractivity contribution in [1.82, 2.24) is 10.2 Å². The van der Waals surface area contributed by atoms with E-state index in [1.807, 2.05) is 7.05 Å². The van der Waals surface area contributed by atoms with Crippen LogP contribution in [0, 0.1) is 0 Å². The van der Waals surface area contributed by atoms with Crippen LogP contribution in [-0.2, 0) is 14.3 Å². The molecule has 19 heavy (non-hydrogen) atoms. The highest BCUT2D eigenvalue weighted by molar-refractivity contribution is 5.78. The van der Waals surface area contributed by atoms with E-state index < -0.39 is 0 Å². The molecule has 0 bridgehead atoms. The van der Waals surface area contributed by atoms with Gasteiger partial charge in [0.05, 0.1) is 13.7 Å². The van der Waals surface area contributed by atoms with Crippen LogP contribution in [0.1, 0.15) is 44.9 Å². The first kappa shape index (κ1) is 16.0. The van der Waals surface area contributed by atoms with Gasteiger partial charge >= 0.3 is 5.97 Å². The van der Waals surface area contributed by atoms with E-state index in [-0.39, 0.29) is 11.9 Å². The SMILES string of the molecule is COC(=O)CCCNC(=O)CN(C)C1CCCCC1. The Morgan fingerprint density at radius 3 is 2.58 bits per heavy atom. The molecule has 0 saturated heterocycles. The van der Waals surface area contributed by atoms with Gasteiger partial charge in [0.25, 0.3) is 0 Å². The summed E-state index contributed by atoms with van der Waals surface area (Å²) in [6.45, 7) is 0.981. The number of nitrogens with one attached hydrogen (secondary N) is 1. The number of ether oxygens (including phenoxy) is 1. The number of hydrogen-bond acceptors (Lipinski definition) is 4. The maximum absolute atomic E-state index is 11.7. The molecule has 1 saturated carbocycles. The van der Waals surface area contributed by atoms with Gasteiger partial charge in [-0.1, -0.05) is 19.3 Å². The number of carbonyl (C=O) groups excluding carboxylic acids is 2. The summed E-state index contributed by atoms with van der Waals surface area (Å²) in [7, 11) is 3.39. The van der Waals surface area contributed by atoms with Crippen molar-refractivity contribution in [2.24, 2.45) is 0 Å². The number of rotatable bonds is 7. The lowest BCUT2D eigenvalue weighted by Gasteiger charge is -2.30. The second-order valence-corrected chi connectivity index (χ2v) is 5.24. The molecule has 1 aliphatic carbocycles. The van der Waals surface area contributed by atoms with Gasteiger partial charge < -0.3 is 10.1 Å². The molecule has 0 spiro atoms. The molecule has 5 nitrogen and oxygen atoms in total. The van der Waals surface area contributed by atoms with Gasteiger partial charge in [-0.2, -0.15) is 0 Å². The Morgan fingerprint density at radius 1 is 1.26 bits per heavy atom. The molecule has 0 radical (unpaired) electrons. The number of hydrogen-bond donors (Lipinski definition) is 1. The Bertz CT molecular complexity index is 288. The third kappa shape index (κ3) is 6.57. The molecule has 110 valence electrons. The molecule has 1 rings (SSSR count). The standard InChI is InChI=1S/C14H26N2O3/c1-16(12-7-4-3-5-8-12)11-13(17)15-10-6-9-14(18)19-2/h12H,3-11H2,1-2H3,(H,15,17). The predicted octanol–water partition coefficient (Wildman–Crippen LogP) is 1.32. The molecule has 1 N–H and O–H groups in total. The molecule has 0 heterocycles. The number of likely N-dealkylation sites (N-methyl/N-ethyl adjacent to an activating group) is 1. The quantitative estimate of drug-likeness (QED) is 0.560. The second kappa shape index (κ2) is 8.91. The van der Waals surface area contributed by atoms with Gasteiger partial charge in [-0.3, -0.25) is 14.5 Å². The van der Waals surface area contributed by atoms with Crippen molar-refractivity contribution < 1.29 is 14.3 Å². The first-order valence-corrected chi connectivity index (χ1v) is 7.17. The Kier molecular flexibility index (Phi) is 7.48. The summed E-state index contributed by atoms with van der Waals surface area (Å²) in [5.74, 6) is -0.188. The van der Waals surface area contributed by atoms with Crippen LogP contribution in [0.25, 0.3) is 0 Å². The summed E-state index contributed by atoms with van der Waals surface area (Å²) in [5.41, 5.74) is 0. The number of methoxy groups -OCH3 is 1. The molecule has 0 unspecified atom stereocenters. The molecule has 0 atom stereocenters. The molecule has 1 fully saturated rings. The van der Waals surface area contributed by atoms with E-state index in [0.717, 1.165) is 0 Å².